The van der Waals surface area contributed by atoms with Crippen LogP contribution in [-0.4, -0.2) is 51.7 Å². The second-order valence-electron chi connectivity index (χ2n) is 5.77. The van der Waals surface area contributed by atoms with Crippen LogP contribution in [0.25, 0.3) is 0 Å². The van der Waals surface area contributed by atoms with E-state index in [1.807, 2.05) is 0 Å². The minimum Gasteiger partial charge on any atom is -0.497 e. The van der Waals surface area contributed by atoms with E-state index in [1.54, 1.807) is 37.3 Å². The van der Waals surface area contributed by atoms with Crippen LogP contribution in [0.4, 0.5) is 5.69 Å². The van der Waals surface area contributed by atoms with Crippen LogP contribution in [0.3, 0.4) is 0 Å². The van der Waals surface area contributed by atoms with Gasteiger partial charge in [0, 0.05) is 37.8 Å². The Balaban J connectivity index is 1.72. The summed E-state index contributed by atoms with van der Waals surface area (Å²) in [5.74, 6) is 1.09. The number of methoxy groups -OCH3 is 2. The van der Waals surface area contributed by atoms with Crippen LogP contribution in [0.1, 0.15) is 6.42 Å². The molecule has 2 saturated heterocycles. The van der Waals surface area contributed by atoms with E-state index in [4.69, 9.17) is 9.47 Å². The molecule has 0 spiro atoms. The van der Waals surface area contributed by atoms with E-state index < -0.39 is 6.04 Å². The lowest BCUT2D eigenvalue weighted by atomic mass is 10.0. The average molecular weight is 319 g/mol. The molecule has 2 heterocycles. The lowest BCUT2D eigenvalue weighted by Gasteiger charge is -2.27. The van der Waals surface area contributed by atoms with Gasteiger partial charge in [0.15, 0.2) is 0 Å². The molecule has 7 nitrogen and oxygen atoms in total. The van der Waals surface area contributed by atoms with E-state index in [0.717, 1.165) is 0 Å². The maximum atomic E-state index is 12.6. The van der Waals surface area contributed by atoms with Crippen molar-refractivity contribution in [3.8, 4) is 11.5 Å². The minimum atomic E-state index is -0.458. The van der Waals surface area contributed by atoms with Gasteiger partial charge in [0.1, 0.15) is 17.5 Å². The largest absolute Gasteiger partial charge is 0.497 e. The molecule has 7 heteroatoms. The topological polar surface area (TPSA) is 79.9 Å². The molecule has 3 rings (SSSR count). The number of benzene rings is 1. The molecule has 1 unspecified atom stereocenters. The third kappa shape index (κ3) is 3.10. The highest BCUT2D eigenvalue weighted by molar-refractivity contribution is 6.01. The molecule has 2 aliphatic heterocycles. The normalized spacial score (nSPS) is 21.0. The summed E-state index contributed by atoms with van der Waals surface area (Å²) < 4.78 is 10.5. The van der Waals surface area contributed by atoms with Gasteiger partial charge in [-0.3, -0.25) is 9.59 Å². The molecule has 1 atom stereocenters. The highest BCUT2D eigenvalue weighted by Crippen LogP contribution is 2.31. The van der Waals surface area contributed by atoms with Crippen molar-refractivity contribution in [2.24, 2.45) is 5.92 Å². The van der Waals surface area contributed by atoms with E-state index in [9.17, 15) is 9.59 Å². The molecule has 2 fully saturated rings. The summed E-state index contributed by atoms with van der Waals surface area (Å²) >= 11 is 0. The first-order valence-electron chi connectivity index (χ1n) is 7.68. The number of anilines is 1. The number of hydrogen-bond donors (Lipinski definition) is 2. The van der Waals surface area contributed by atoms with Gasteiger partial charge in [0.05, 0.1) is 25.8 Å². The van der Waals surface area contributed by atoms with Crippen LogP contribution in [-0.2, 0) is 9.59 Å². The van der Waals surface area contributed by atoms with Crippen molar-refractivity contribution in [2.75, 3.05) is 38.8 Å². The molecule has 0 aromatic heterocycles. The van der Waals surface area contributed by atoms with Crippen molar-refractivity contribution in [1.29, 1.82) is 0 Å². The predicted molar refractivity (Wildman–Crippen MR) is 84.8 cm³/mol. The highest BCUT2D eigenvalue weighted by Gasteiger charge is 2.36. The molecule has 0 bridgehead atoms. The van der Waals surface area contributed by atoms with Crippen LogP contribution in [0.2, 0.25) is 0 Å². The van der Waals surface area contributed by atoms with Gasteiger partial charge in [-0.1, -0.05) is 0 Å². The number of hydrogen-bond acceptors (Lipinski definition) is 5. The van der Waals surface area contributed by atoms with Crippen molar-refractivity contribution in [1.82, 2.24) is 10.6 Å². The Hall–Kier alpha value is -2.28. The summed E-state index contributed by atoms with van der Waals surface area (Å²) in [6.07, 6.45) is 0.601. The summed E-state index contributed by atoms with van der Waals surface area (Å²) in [4.78, 5) is 26.3. The van der Waals surface area contributed by atoms with Crippen molar-refractivity contribution >= 4 is 17.5 Å². The van der Waals surface area contributed by atoms with Crippen molar-refractivity contribution < 1.29 is 19.1 Å². The van der Waals surface area contributed by atoms with E-state index in [2.05, 4.69) is 10.6 Å². The van der Waals surface area contributed by atoms with E-state index >= 15 is 0 Å². The maximum absolute atomic E-state index is 12.6. The first-order valence-corrected chi connectivity index (χ1v) is 7.68. The second kappa shape index (κ2) is 6.45. The number of rotatable bonds is 5. The fourth-order valence-electron chi connectivity index (χ4n) is 2.78. The van der Waals surface area contributed by atoms with Crippen LogP contribution < -0.4 is 25.0 Å². The molecular weight excluding hydrogens is 298 g/mol. The molecule has 0 radical (unpaired) electrons. The van der Waals surface area contributed by atoms with Gasteiger partial charge < -0.3 is 25.0 Å². The maximum Gasteiger partial charge on any atom is 0.249 e. The van der Waals surface area contributed by atoms with Gasteiger partial charge in [0.25, 0.3) is 0 Å². The van der Waals surface area contributed by atoms with Gasteiger partial charge >= 0.3 is 0 Å². The standard InChI is InChI=1S/C16H21N3O4/c1-22-12-5-11(6-13(7-12)23-2)19-4-3-14(16(19)21)18-15(20)10-8-17-9-10/h5-7,10,14,17H,3-4,8-9H2,1-2H3,(H,18,20). The zero-order chi connectivity index (χ0) is 16.4. The lowest BCUT2D eigenvalue weighted by molar-refractivity contribution is -0.130. The van der Waals surface area contributed by atoms with Gasteiger partial charge in [0.2, 0.25) is 11.8 Å². The Morgan fingerprint density at radius 3 is 2.39 bits per heavy atom. The molecule has 1 aromatic carbocycles. The fourth-order valence-corrected chi connectivity index (χ4v) is 2.78. The molecule has 0 aliphatic carbocycles. The van der Waals surface area contributed by atoms with Crippen molar-refractivity contribution in [2.45, 2.75) is 12.5 Å². The number of amides is 2. The molecular formula is C16H21N3O4. The van der Waals surface area contributed by atoms with Crippen LogP contribution >= 0.6 is 0 Å². The van der Waals surface area contributed by atoms with Crippen molar-refractivity contribution in [3.05, 3.63) is 18.2 Å². The third-order valence-electron chi connectivity index (χ3n) is 4.32. The smallest absolute Gasteiger partial charge is 0.249 e. The summed E-state index contributed by atoms with van der Waals surface area (Å²) in [5.41, 5.74) is 0.716. The summed E-state index contributed by atoms with van der Waals surface area (Å²) in [5, 5.41) is 5.91. The third-order valence-corrected chi connectivity index (χ3v) is 4.32. The molecule has 0 saturated carbocycles. The zero-order valence-corrected chi connectivity index (χ0v) is 13.3. The van der Waals surface area contributed by atoms with Crippen LogP contribution in [0.5, 0.6) is 11.5 Å². The number of ether oxygens (including phenoxy) is 2. The quantitative estimate of drug-likeness (QED) is 0.807. The molecule has 2 aliphatic rings. The number of nitrogens with one attached hydrogen (secondary N) is 2. The predicted octanol–water partition coefficient (Wildman–Crippen LogP) is 0.145. The van der Waals surface area contributed by atoms with Crippen LogP contribution in [0, 0.1) is 5.92 Å². The SMILES string of the molecule is COc1cc(OC)cc(N2CCC(NC(=O)C3CNC3)C2=O)c1. The van der Waals surface area contributed by atoms with Gasteiger partial charge in [-0.05, 0) is 6.42 Å². The molecule has 2 N–H and O–H groups in total. The van der Waals surface area contributed by atoms with Crippen molar-refractivity contribution in [3.63, 3.8) is 0 Å². The van der Waals surface area contributed by atoms with Gasteiger partial charge in [-0.25, -0.2) is 0 Å². The van der Waals surface area contributed by atoms with E-state index in [1.165, 1.54) is 0 Å². The Morgan fingerprint density at radius 2 is 1.87 bits per heavy atom. The van der Waals surface area contributed by atoms with E-state index in [-0.39, 0.29) is 17.7 Å². The monoisotopic (exact) mass is 319 g/mol. The molecule has 124 valence electrons. The zero-order valence-electron chi connectivity index (χ0n) is 13.3. The molecule has 2 amide bonds. The summed E-state index contributed by atoms with van der Waals surface area (Å²) in [6.45, 7) is 1.93. The number of carbonyl (C=O) groups is 2. The molecule has 1 aromatic rings. The Bertz CT molecular complexity index is 593. The van der Waals surface area contributed by atoms with Gasteiger partial charge in [-0.2, -0.15) is 0 Å². The molecule has 23 heavy (non-hydrogen) atoms. The Morgan fingerprint density at radius 1 is 1.22 bits per heavy atom. The van der Waals surface area contributed by atoms with E-state index in [0.29, 0.717) is 43.2 Å². The first kappa shape index (κ1) is 15.6. The fraction of sp³-hybridized carbons (Fsp3) is 0.500. The van der Waals surface area contributed by atoms with Crippen LogP contribution in [0.15, 0.2) is 18.2 Å². The number of carbonyl (C=O) groups excluding carboxylic acids is 2. The summed E-state index contributed by atoms with van der Waals surface area (Å²) in [6, 6.07) is 4.88. The van der Waals surface area contributed by atoms with Gasteiger partial charge in [-0.15, -0.1) is 0 Å². The Labute approximate surface area is 134 Å². The lowest BCUT2D eigenvalue weighted by Crippen LogP contribution is -2.54. The summed E-state index contributed by atoms with van der Waals surface area (Å²) in [7, 11) is 3.14. The Kier molecular flexibility index (Phi) is 4.38. The number of nitrogens with zero attached hydrogens (tertiary/aromatic N) is 1. The first-order chi connectivity index (χ1) is 11.1. The highest BCUT2D eigenvalue weighted by atomic mass is 16.5. The minimum absolute atomic E-state index is 0.0197. The average Bonchev–Trinajstić information content (AvgIpc) is 2.86. The second-order valence-corrected chi connectivity index (χ2v) is 5.77.